The number of carbonyl (C=O) groups is 2. The standard InChI is InChI=1S/C5H8O2.2Ti/c1-4(6)3-5(2)7;;/h3H2,1-2H3;;. The monoisotopic (exact) mass is 196 g/mol. The van der Waals surface area contributed by atoms with Crippen LogP contribution in [0.15, 0.2) is 0 Å². The Hall–Kier alpha value is 0.769. The molecule has 0 atom stereocenters. The second kappa shape index (κ2) is 8.77. The van der Waals surface area contributed by atoms with Crippen molar-refractivity contribution in [1.82, 2.24) is 0 Å². The van der Waals surface area contributed by atoms with Crippen LogP contribution in [-0.4, -0.2) is 11.6 Å². The Balaban J connectivity index is -0.000000180. The fourth-order valence-corrected chi connectivity index (χ4v) is 0.351. The minimum atomic E-state index is -0.0625. The van der Waals surface area contributed by atoms with Gasteiger partial charge in [-0.1, -0.05) is 0 Å². The predicted molar refractivity (Wildman–Crippen MR) is 26.0 cm³/mol. The van der Waals surface area contributed by atoms with Gasteiger partial charge in [-0.15, -0.1) is 0 Å². The summed E-state index contributed by atoms with van der Waals surface area (Å²) in [6.45, 7) is 2.81. The number of hydrogen-bond donors (Lipinski definition) is 0. The van der Waals surface area contributed by atoms with Crippen molar-refractivity contribution in [3.8, 4) is 0 Å². The van der Waals surface area contributed by atoms with Gasteiger partial charge in [0.15, 0.2) is 0 Å². The summed E-state index contributed by atoms with van der Waals surface area (Å²) in [6.07, 6.45) is 0.0833. The number of ketones is 2. The van der Waals surface area contributed by atoms with Crippen LogP contribution in [0.1, 0.15) is 20.3 Å². The van der Waals surface area contributed by atoms with Crippen LogP contribution in [0, 0.1) is 0 Å². The molecule has 0 radical (unpaired) electrons. The van der Waals surface area contributed by atoms with E-state index in [-0.39, 0.29) is 61.4 Å². The topological polar surface area (TPSA) is 34.1 Å². The normalized spacial score (nSPS) is 6.44. The van der Waals surface area contributed by atoms with E-state index in [0.29, 0.717) is 0 Å². The van der Waals surface area contributed by atoms with Crippen molar-refractivity contribution >= 4 is 11.6 Å². The summed E-state index contributed by atoms with van der Waals surface area (Å²) < 4.78 is 0. The molecule has 0 rings (SSSR count). The molecule has 0 spiro atoms. The maximum Gasteiger partial charge on any atom is 0.137 e. The van der Waals surface area contributed by atoms with Crippen molar-refractivity contribution in [2.45, 2.75) is 20.3 Å². The molecule has 0 N–H and O–H groups in total. The summed E-state index contributed by atoms with van der Waals surface area (Å²) in [5.74, 6) is -0.125. The fraction of sp³-hybridized carbons (Fsp3) is 0.600. The van der Waals surface area contributed by atoms with Crippen LogP contribution in [0.3, 0.4) is 0 Å². The number of rotatable bonds is 2. The molecule has 0 aromatic carbocycles. The van der Waals surface area contributed by atoms with E-state index >= 15 is 0 Å². The van der Waals surface area contributed by atoms with E-state index in [9.17, 15) is 9.59 Å². The maximum atomic E-state index is 10.0. The average Bonchev–Trinajstić information content (AvgIpc) is 1.27. The van der Waals surface area contributed by atoms with Crippen molar-refractivity contribution in [3.63, 3.8) is 0 Å². The van der Waals surface area contributed by atoms with Crippen LogP contribution in [0.25, 0.3) is 0 Å². The van der Waals surface area contributed by atoms with E-state index in [1.165, 1.54) is 13.8 Å². The predicted octanol–water partition coefficient (Wildman–Crippen LogP) is 0.549. The second-order valence-electron chi connectivity index (χ2n) is 1.58. The molecule has 9 heavy (non-hydrogen) atoms. The largest absolute Gasteiger partial charge is 0.300 e. The zero-order valence-electron chi connectivity index (χ0n) is 5.52. The van der Waals surface area contributed by atoms with E-state index in [4.69, 9.17) is 0 Å². The minimum Gasteiger partial charge on any atom is -0.300 e. The first-order valence-corrected chi connectivity index (χ1v) is 2.12. The van der Waals surface area contributed by atoms with E-state index in [0.717, 1.165) is 0 Å². The molecule has 0 bridgehead atoms. The Bertz CT molecular complexity index is 89.1. The third-order valence-electron chi connectivity index (χ3n) is 0.498. The van der Waals surface area contributed by atoms with E-state index in [1.807, 2.05) is 0 Å². The van der Waals surface area contributed by atoms with Gasteiger partial charge >= 0.3 is 0 Å². The molecule has 48 valence electrons. The van der Waals surface area contributed by atoms with Gasteiger partial charge in [-0.2, -0.15) is 0 Å². The second-order valence-corrected chi connectivity index (χ2v) is 1.58. The third kappa shape index (κ3) is 17.7. The Morgan fingerprint density at radius 1 is 1.00 bits per heavy atom. The molecule has 0 aliphatic heterocycles. The average molecular weight is 196 g/mol. The molecule has 0 saturated heterocycles. The van der Waals surface area contributed by atoms with Gasteiger partial charge in [-0.05, 0) is 13.8 Å². The molecule has 0 saturated carbocycles. The maximum absolute atomic E-state index is 10.0. The summed E-state index contributed by atoms with van der Waals surface area (Å²) >= 11 is 0. The molecule has 0 amide bonds. The molecule has 0 aromatic heterocycles. The van der Waals surface area contributed by atoms with Crippen LogP contribution >= 0.6 is 0 Å². The fourth-order valence-electron chi connectivity index (χ4n) is 0.351. The molecule has 2 nitrogen and oxygen atoms in total. The van der Waals surface area contributed by atoms with Crippen molar-refractivity contribution in [3.05, 3.63) is 0 Å². The van der Waals surface area contributed by atoms with E-state index < -0.39 is 0 Å². The Labute approximate surface area is 84.5 Å². The number of carbonyl (C=O) groups excluding carboxylic acids is 2. The molecule has 0 unspecified atom stereocenters. The third-order valence-corrected chi connectivity index (χ3v) is 0.498. The van der Waals surface area contributed by atoms with Crippen LogP contribution in [0.2, 0.25) is 0 Å². The first-order valence-electron chi connectivity index (χ1n) is 2.12. The smallest absolute Gasteiger partial charge is 0.137 e. The van der Waals surface area contributed by atoms with Crippen molar-refractivity contribution in [2.75, 3.05) is 0 Å². The quantitative estimate of drug-likeness (QED) is 0.477. The zero-order chi connectivity index (χ0) is 5.86. The van der Waals surface area contributed by atoms with Crippen LogP contribution in [0.4, 0.5) is 0 Å². The van der Waals surface area contributed by atoms with Gasteiger partial charge in [0, 0.05) is 43.4 Å². The van der Waals surface area contributed by atoms with Gasteiger partial charge in [0.1, 0.15) is 11.6 Å². The molecule has 0 aliphatic carbocycles. The molecule has 0 aliphatic rings. The summed E-state index contributed by atoms with van der Waals surface area (Å²) in [7, 11) is 0. The first kappa shape index (κ1) is 16.4. The molecular formula is C5H8O2Ti2. The van der Waals surface area contributed by atoms with Gasteiger partial charge in [0.05, 0.1) is 6.42 Å². The van der Waals surface area contributed by atoms with Gasteiger partial charge < -0.3 is 0 Å². The van der Waals surface area contributed by atoms with Gasteiger partial charge in [0.2, 0.25) is 0 Å². The van der Waals surface area contributed by atoms with Crippen LogP contribution < -0.4 is 0 Å². The van der Waals surface area contributed by atoms with Crippen molar-refractivity contribution in [2.24, 2.45) is 0 Å². The Morgan fingerprint density at radius 3 is 1.22 bits per heavy atom. The summed E-state index contributed by atoms with van der Waals surface area (Å²) in [4.78, 5) is 20.1. The molecule has 0 aromatic rings. The number of Topliss-reactive ketones (excluding diaryl/α,β-unsaturated/α-hetero) is 2. The van der Waals surface area contributed by atoms with Gasteiger partial charge in [-0.3, -0.25) is 9.59 Å². The summed E-state index contributed by atoms with van der Waals surface area (Å²) in [5, 5.41) is 0. The van der Waals surface area contributed by atoms with Gasteiger partial charge in [-0.25, -0.2) is 0 Å². The number of hydrogen-bond acceptors (Lipinski definition) is 2. The van der Waals surface area contributed by atoms with Crippen LogP contribution in [-0.2, 0) is 53.0 Å². The summed E-state index contributed by atoms with van der Waals surface area (Å²) in [5.41, 5.74) is 0. The molecular weight excluding hydrogens is 188 g/mol. The van der Waals surface area contributed by atoms with E-state index in [2.05, 4.69) is 0 Å². The molecule has 4 heteroatoms. The van der Waals surface area contributed by atoms with Crippen molar-refractivity contribution < 1.29 is 53.0 Å². The summed E-state index contributed by atoms with van der Waals surface area (Å²) in [6, 6.07) is 0. The Kier molecular flexibility index (Phi) is 16.0. The van der Waals surface area contributed by atoms with Crippen LogP contribution in [0.5, 0.6) is 0 Å². The zero-order valence-corrected chi connectivity index (χ0v) is 8.65. The van der Waals surface area contributed by atoms with E-state index in [1.54, 1.807) is 0 Å². The first-order chi connectivity index (χ1) is 3.13. The molecule has 0 heterocycles. The molecule has 0 fully saturated rings. The van der Waals surface area contributed by atoms with Crippen molar-refractivity contribution in [1.29, 1.82) is 0 Å². The Morgan fingerprint density at radius 2 is 1.22 bits per heavy atom. The minimum absolute atomic E-state index is 0. The SMILES string of the molecule is CC(=O)CC(C)=O.[Ti].[Ti]. The van der Waals surface area contributed by atoms with Gasteiger partial charge in [0.25, 0.3) is 0 Å².